The van der Waals surface area contributed by atoms with Gasteiger partial charge in [0.05, 0.1) is 10.3 Å². The van der Waals surface area contributed by atoms with Crippen molar-refractivity contribution in [3.63, 3.8) is 0 Å². The predicted octanol–water partition coefficient (Wildman–Crippen LogP) is 4.06. The molecule has 19 heavy (non-hydrogen) atoms. The molecule has 0 bridgehead atoms. The molecular formula is C15H25NOS2. The molecule has 0 amide bonds. The van der Waals surface area contributed by atoms with Gasteiger partial charge in [-0.15, -0.1) is 23.1 Å². The molecule has 0 saturated heterocycles. The van der Waals surface area contributed by atoms with Crippen LogP contribution < -0.4 is 5.32 Å². The maximum atomic E-state index is 10.2. The highest BCUT2D eigenvalue weighted by molar-refractivity contribution is 8.01. The van der Waals surface area contributed by atoms with Crippen LogP contribution in [0.1, 0.15) is 51.6 Å². The van der Waals surface area contributed by atoms with Crippen molar-refractivity contribution in [1.29, 1.82) is 0 Å². The summed E-state index contributed by atoms with van der Waals surface area (Å²) in [5, 5.41) is 16.7. The van der Waals surface area contributed by atoms with Gasteiger partial charge in [0, 0.05) is 17.8 Å². The zero-order valence-corrected chi connectivity index (χ0v) is 13.7. The van der Waals surface area contributed by atoms with Gasteiger partial charge in [-0.05, 0) is 29.3 Å². The number of thiophene rings is 1. The van der Waals surface area contributed by atoms with Crippen LogP contribution in [-0.2, 0) is 0 Å². The van der Waals surface area contributed by atoms with E-state index in [0.717, 1.165) is 19.3 Å². The Balaban J connectivity index is 1.93. The molecule has 0 radical (unpaired) electrons. The fourth-order valence-electron chi connectivity index (χ4n) is 2.80. The molecule has 2 heterocycles. The first kappa shape index (κ1) is 15.4. The molecule has 108 valence electrons. The molecular weight excluding hydrogens is 274 g/mol. The average molecular weight is 300 g/mol. The van der Waals surface area contributed by atoms with Crippen LogP contribution in [0.25, 0.3) is 0 Å². The highest BCUT2D eigenvalue weighted by atomic mass is 32.2. The maximum absolute atomic E-state index is 10.2. The smallest absolute Gasteiger partial charge is 0.0692 e. The molecule has 0 aromatic carbocycles. The number of hydrogen-bond donors (Lipinski definition) is 2. The van der Waals surface area contributed by atoms with Crippen LogP contribution in [-0.4, -0.2) is 23.0 Å². The van der Waals surface area contributed by atoms with Gasteiger partial charge in [0.25, 0.3) is 0 Å². The Bertz CT molecular complexity index is 389. The van der Waals surface area contributed by atoms with Crippen molar-refractivity contribution >= 4 is 23.1 Å². The molecule has 1 aromatic heterocycles. The van der Waals surface area contributed by atoms with Crippen molar-refractivity contribution < 1.29 is 5.11 Å². The minimum atomic E-state index is -0.220. The van der Waals surface area contributed by atoms with Crippen molar-refractivity contribution in [2.24, 2.45) is 5.92 Å². The van der Waals surface area contributed by atoms with Crippen LogP contribution in [0.2, 0.25) is 0 Å². The highest BCUT2D eigenvalue weighted by Gasteiger charge is 2.27. The van der Waals surface area contributed by atoms with Gasteiger partial charge in [0.15, 0.2) is 0 Å². The third-order valence-corrected chi connectivity index (χ3v) is 6.42. The first-order chi connectivity index (χ1) is 9.15. The van der Waals surface area contributed by atoms with Crippen LogP contribution in [0.15, 0.2) is 15.7 Å². The second-order valence-electron chi connectivity index (χ2n) is 5.43. The Morgan fingerprint density at radius 2 is 2.16 bits per heavy atom. The molecule has 2 N–H and O–H groups in total. The van der Waals surface area contributed by atoms with Gasteiger partial charge in [-0.25, -0.2) is 0 Å². The summed E-state index contributed by atoms with van der Waals surface area (Å²) in [6.45, 7) is 7.32. The zero-order valence-electron chi connectivity index (χ0n) is 12.1. The Labute approximate surface area is 125 Å². The predicted molar refractivity (Wildman–Crippen MR) is 85.1 cm³/mol. The van der Waals surface area contributed by atoms with E-state index in [4.69, 9.17) is 0 Å². The lowest BCUT2D eigenvalue weighted by atomic mass is 9.96. The van der Waals surface area contributed by atoms with Gasteiger partial charge in [-0.3, -0.25) is 0 Å². The Morgan fingerprint density at radius 3 is 2.84 bits per heavy atom. The first-order valence-corrected chi connectivity index (χ1v) is 9.07. The molecule has 2 unspecified atom stereocenters. The molecule has 3 atom stereocenters. The van der Waals surface area contributed by atoms with Crippen LogP contribution in [0, 0.1) is 5.92 Å². The standard InChI is InChI=1S/C15H25NOS2/c1-4-11(5-2)14(17)9-16-13-8-10(3)19-15-12(13)6-7-18-15/h6-7,10-11,13-14,16-17H,4-5,8-9H2,1-3H3/t10-,13?,14?/m0/s1. The summed E-state index contributed by atoms with van der Waals surface area (Å²) in [4.78, 5) is 0. The van der Waals surface area contributed by atoms with E-state index in [9.17, 15) is 5.11 Å². The number of thioether (sulfide) groups is 1. The summed E-state index contributed by atoms with van der Waals surface area (Å²) in [6, 6.07) is 2.65. The van der Waals surface area contributed by atoms with E-state index < -0.39 is 0 Å². The molecule has 2 rings (SSSR count). The van der Waals surface area contributed by atoms with Crippen LogP contribution >= 0.6 is 23.1 Å². The van der Waals surface area contributed by atoms with E-state index in [1.165, 1.54) is 9.77 Å². The third-order valence-electron chi connectivity index (χ3n) is 4.08. The SMILES string of the molecule is CCC(CC)C(O)CNC1C[C@H](C)Sc2sccc21. The van der Waals surface area contributed by atoms with E-state index in [1.54, 1.807) is 0 Å². The Kier molecular flexibility index (Phi) is 5.75. The normalized spacial score (nSPS) is 24.5. The van der Waals surface area contributed by atoms with Gasteiger partial charge in [-0.1, -0.05) is 33.6 Å². The quantitative estimate of drug-likeness (QED) is 0.831. The lowest BCUT2D eigenvalue weighted by Crippen LogP contribution is -2.36. The van der Waals surface area contributed by atoms with Crippen molar-refractivity contribution in [3.05, 3.63) is 17.0 Å². The number of fused-ring (bicyclic) bond motifs is 1. The fourth-order valence-corrected chi connectivity index (χ4v) is 5.37. The van der Waals surface area contributed by atoms with Crippen LogP contribution in [0.5, 0.6) is 0 Å². The largest absolute Gasteiger partial charge is 0.392 e. The summed E-state index contributed by atoms with van der Waals surface area (Å²) in [5.41, 5.74) is 1.44. The zero-order chi connectivity index (χ0) is 13.8. The molecule has 0 fully saturated rings. The van der Waals surface area contributed by atoms with E-state index >= 15 is 0 Å². The summed E-state index contributed by atoms with van der Waals surface area (Å²) in [5.74, 6) is 0.421. The lowest BCUT2D eigenvalue weighted by molar-refractivity contribution is 0.0977. The number of nitrogens with one attached hydrogen (secondary N) is 1. The molecule has 0 aliphatic carbocycles. The summed E-state index contributed by atoms with van der Waals surface area (Å²) in [7, 11) is 0. The summed E-state index contributed by atoms with van der Waals surface area (Å²) in [6.07, 6.45) is 3.05. The van der Waals surface area contributed by atoms with Gasteiger partial charge >= 0.3 is 0 Å². The van der Waals surface area contributed by atoms with Gasteiger partial charge in [0.1, 0.15) is 0 Å². The second-order valence-corrected chi connectivity index (χ2v) is 8.06. The van der Waals surface area contributed by atoms with E-state index in [1.807, 2.05) is 23.1 Å². The number of aliphatic hydroxyl groups is 1. The molecule has 0 spiro atoms. The number of aliphatic hydroxyl groups excluding tert-OH is 1. The molecule has 4 heteroatoms. The number of rotatable bonds is 6. The summed E-state index contributed by atoms with van der Waals surface area (Å²) < 4.78 is 1.45. The minimum Gasteiger partial charge on any atom is -0.392 e. The fraction of sp³-hybridized carbons (Fsp3) is 0.733. The van der Waals surface area contributed by atoms with Crippen molar-refractivity contribution in [2.45, 2.75) is 61.6 Å². The lowest BCUT2D eigenvalue weighted by Gasteiger charge is -2.29. The first-order valence-electron chi connectivity index (χ1n) is 7.31. The Morgan fingerprint density at radius 1 is 1.42 bits per heavy atom. The average Bonchev–Trinajstić information content (AvgIpc) is 2.85. The van der Waals surface area contributed by atoms with E-state index in [2.05, 4.69) is 37.5 Å². The molecule has 1 aliphatic heterocycles. The van der Waals surface area contributed by atoms with E-state index in [-0.39, 0.29) is 6.10 Å². The highest BCUT2D eigenvalue weighted by Crippen LogP contribution is 2.43. The van der Waals surface area contributed by atoms with Gasteiger partial charge < -0.3 is 10.4 Å². The van der Waals surface area contributed by atoms with Gasteiger partial charge in [-0.2, -0.15) is 0 Å². The Hall–Kier alpha value is -0.0300. The van der Waals surface area contributed by atoms with Crippen LogP contribution in [0.4, 0.5) is 0 Å². The molecule has 1 aromatic rings. The summed E-state index contributed by atoms with van der Waals surface area (Å²) >= 11 is 3.83. The molecule has 1 aliphatic rings. The third kappa shape index (κ3) is 3.75. The number of hydrogen-bond acceptors (Lipinski definition) is 4. The molecule has 2 nitrogen and oxygen atoms in total. The minimum absolute atomic E-state index is 0.220. The topological polar surface area (TPSA) is 32.3 Å². The van der Waals surface area contributed by atoms with Gasteiger partial charge in [0.2, 0.25) is 0 Å². The monoisotopic (exact) mass is 299 g/mol. The van der Waals surface area contributed by atoms with E-state index in [0.29, 0.717) is 23.8 Å². The maximum Gasteiger partial charge on any atom is 0.0692 e. The van der Waals surface area contributed by atoms with Crippen LogP contribution in [0.3, 0.4) is 0 Å². The van der Waals surface area contributed by atoms with Crippen molar-refractivity contribution in [2.75, 3.05) is 6.54 Å². The van der Waals surface area contributed by atoms with Crippen molar-refractivity contribution in [3.8, 4) is 0 Å². The molecule has 0 saturated carbocycles. The second kappa shape index (κ2) is 7.11. The van der Waals surface area contributed by atoms with Crippen molar-refractivity contribution in [1.82, 2.24) is 5.32 Å².